The summed E-state index contributed by atoms with van der Waals surface area (Å²) in [6.45, 7) is 5.69. The van der Waals surface area contributed by atoms with Crippen molar-refractivity contribution >= 4 is 29.1 Å². The second kappa shape index (κ2) is 8.05. The summed E-state index contributed by atoms with van der Waals surface area (Å²) in [6, 6.07) is 10.6. The summed E-state index contributed by atoms with van der Waals surface area (Å²) in [4.78, 5) is 27.9. The molecule has 8 heteroatoms. The molecule has 1 aromatic heterocycles. The predicted octanol–water partition coefficient (Wildman–Crippen LogP) is 3.80. The molecule has 0 aliphatic heterocycles. The van der Waals surface area contributed by atoms with Crippen LogP contribution < -0.4 is 5.32 Å². The fraction of sp³-hybridized carbons (Fsp3) is 0.238. The van der Waals surface area contributed by atoms with Gasteiger partial charge in [0.05, 0.1) is 22.1 Å². The van der Waals surface area contributed by atoms with Gasteiger partial charge in [0.15, 0.2) is 5.69 Å². The normalized spacial score (nSPS) is 10.7. The standard InChI is InChI=1S/C21H22ClN5O2/c1-12-6-9-18(13(2)10-12)27-24-14(3)19(25-27)20(28)23-17-11-15(7-8-16(17)22)21(29)26(4)5/h6-11H,1-5H3,(H,23,28). The minimum atomic E-state index is -0.449. The molecule has 2 amide bonds. The molecule has 0 radical (unpaired) electrons. The van der Waals surface area contributed by atoms with E-state index < -0.39 is 5.91 Å². The van der Waals surface area contributed by atoms with Crippen LogP contribution in [0.3, 0.4) is 0 Å². The van der Waals surface area contributed by atoms with Gasteiger partial charge in [-0.1, -0.05) is 29.3 Å². The Morgan fingerprint density at radius 3 is 2.41 bits per heavy atom. The van der Waals surface area contributed by atoms with Crippen molar-refractivity contribution in [3.8, 4) is 5.69 Å². The summed E-state index contributed by atoms with van der Waals surface area (Å²) in [5.74, 6) is -0.635. The Bertz CT molecular complexity index is 1100. The average molecular weight is 412 g/mol. The van der Waals surface area contributed by atoms with Crippen molar-refractivity contribution in [2.24, 2.45) is 0 Å². The number of nitrogens with one attached hydrogen (secondary N) is 1. The van der Waals surface area contributed by atoms with E-state index in [4.69, 9.17) is 11.6 Å². The number of carbonyl (C=O) groups excluding carboxylic acids is 2. The summed E-state index contributed by atoms with van der Waals surface area (Å²) in [7, 11) is 3.31. The van der Waals surface area contributed by atoms with Gasteiger partial charge in [0, 0.05) is 19.7 Å². The molecule has 0 spiro atoms. The number of hydrogen-bond acceptors (Lipinski definition) is 4. The lowest BCUT2D eigenvalue weighted by Gasteiger charge is -2.12. The Morgan fingerprint density at radius 1 is 1.03 bits per heavy atom. The number of halogens is 1. The number of carbonyl (C=O) groups is 2. The Morgan fingerprint density at radius 2 is 1.76 bits per heavy atom. The molecule has 0 bridgehead atoms. The highest BCUT2D eigenvalue weighted by atomic mass is 35.5. The molecule has 2 aromatic carbocycles. The van der Waals surface area contributed by atoms with Crippen molar-refractivity contribution in [3.63, 3.8) is 0 Å². The minimum Gasteiger partial charge on any atom is -0.345 e. The number of hydrogen-bond donors (Lipinski definition) is 1. The first-order valence-corrected chi connectivity index (χ1v) is 9.39. The Labute approximate surface area is 174 Å². The molecule has 7 nitrogen and oxygen atoms in total. The highest BCUT2D eigenvalue weighted by molar-refractivity contribution is 6.34. The SMILES string of the molecule is Cc1ccc(-n2nc(C)c(C(=O)Nc3cc(C(=O)N(C)C)ccc3Cl)n2)c(C)c1. The van der Waals surface area contributed by atoms with Crippen LogP contribution in [0.2, 0.25) is 5.02 Å². The molecule has 0 saturated carbocycles. The third kappa shape index (κ3) is 4.30. The molecule has 0 aliphatic carbocycles. The summed E-state index contributed by atoms with van der Waals surface area (Å²) in [5.41, 5.74) is 4.37. The van der Waals surface area contributed by atoms with Crippen LogP contribution >= 0.6 is 11.6 Å². The monoisotopic (exact) mass is 411 g/mol. The fourth-order valence-electron chi connectivity index (χ4n) is 2.92. The van der Waals surface area contributed by atoms with Crippen LogP contribution in [0, 0.1) is 20.8 Å². The van der Waals surface area contributed by atoms with Gasteiger partial charge < -0.3 is 10.2 Å². The van der Waals surface area contributed by atoms with Gasteiger partial charge in [-0.15, -0.1) is 5.10 Å². The van der Waals surface area contributed by atoms with Crippen molar-refractivity contribution in [1.29, 1.82) is 0 Å². The maximum Gasteiger partial charge on any atom is 0.278 e. The average Bonchev–Trinajstić information content (AvgIpc) is 3.04. The lowest BCUT2D eigenvalue weighted by Crippen LogP contribution is -2.22. The van der Waals surface area contributed by atoms with E-state index in [0.29, 0.717) is 22.0 Å². The second-order valence-corrected chi connectivity index (χ2v) is 7.47. The third-order valence-corrected chi connectivity index (χ3v) is 4.76. The summed E-state index contributed by atoms with van der Waals surface area (Å²) in [6.07, 6.45) is 0. The number of aromatic nitrogens is 3. The van der Waals surface area contributed by atoms with E-state index in [9.17, 15) is 9.59 Å². The highest BCUT2D eigenvalue weighted by Crippen LogP contribution is 2.24. The molecule has 0 aliphatic rings. The third-order valence-electron chi connectivity index (χ3n) is 4.43. The summed E-state index contributed by atoms with van der Waals surface area (Å²) in [5, 5.41) is 11.8. The maximum atomic E-state index is 12.8. The lowest BCUT2D eigenvalue weighted by atomic mass is 10.1. The van der Waals surface area contributed by atoms with E-state index in [-0.39, 0.29) is 11.6 Å². The van der Waals surface area contributed by atoms with E-state index in [1.807, 2.05) is 32.0 Å². The molecule has 150 valence electrons. The fourth-order valence-corrected chi connectivity index (χ4v) is 3.08. The van der Waals surface area contributed by atoms with Gasteiger partial charge in [-0.2, -0.15) is 9.90 Å². The number of anilines is 1. The molecule has 1 heterocycles. The zero-order valence-corrected chi connectivity index (χ0v) is 17.7. The van der Waals surface area contributed by atoms with Crippen molar-refractivity contribution in [1.82, 2.24) is 19.9 Å². The van der Waals surface area contributed by atoms with Gasteiger partial charge in [0.1, 0.15) is 0 Å². The lowest BCUT2D eigenvalue weighted by molar-refractivity contribution is 0.0827. The van der Waals surface area contributed by atoms with E-state index in [0.717, 1.165) is 16.8 Å². The van der Waals surface area contributed by atoms with Gasteiger partial charge in [0.25, 0.3) is 11.8 Å². The quantitative estimate of drug-likeness (QED) is 0.708. The molecule has 0 saturated heterocycles. The molecule has 0 fully saturated rings. The van der Waals surface area contributed by atoms with Gasteiger partial charge in [-0.05, 0) is 50.6 Å². The van der Waals surface area contributed by atoms with Crippen LogP contribution in [0.15, 0.2) is 36.4 Å². The molecule has 3 rings (SSSR count). The zero-order valence-electron chi connectivity index (χ0n) is 16.9. The minimum absolute atomic E-state index is 0.186. The van der Waals surface area contributed by atoms with E-state index in [1.165, 1.54) is 9.70 Å². The van der Waals surface area contributed by atoms with Crippen molar-refractivity contribution in [2.45, 2.75) is 20.8 Å². The van der Waals surface area contributed by atoms with E-state index >= 15 is 0 Å². The van der Waals surface area contributed by atoms with Crippen molar-refractivity contribution in [3.05, 3.63) is 69.5 Å². The molecule has 0 atom stereocenters. The largest absolute Gasteiger partial charge is 0.345 e. The molecular weight excluding hydrogens is 390 g/mol. The molecule has 0 unspecified atom stereocenters. The van der Waals surface area contributed by atoms with Crippen LogP contribution in [0.5, 0.6) is 0 Å². The molecule has 1 N–H and O–H groups in total. The Kier molecular flexibility index (Phi) is 5.70. The van der Waals surface area contributed by atoms with Crippen LogP contribution in [0.1, 0.15) is 37.7 Å². The number of amides is 2. The Hall–Kier alpha value is -3.19. The Balaban J connectivity index is 1.90. The summed E-state index contributed by atoms with van der Waals surface area (Å²) >= 11 is 6.21. The van der Waals surface area contributed by atoms with Gasteiger partial charge in [0.2, 0.25) is 0 Å². The molecular formula is C21H22ClN5O2. The highest BCUT2D eigenvalue weighted by Gasteiger charge is 2.19. The maximum absolute atomic E-state index is 12.8. The first-order valence-electron chi connectivity index (χ1n) is 9.01. The number of rotatable bonds is 4. The topological polar surface area (TPSA) is 80.1 Å². The second-order valence-electron chi connectivity index (χ2n) is 7.06. The van der Waals surface area contributed by atoms with Crippen LogP contribution in [0.4, 0.5) is 5.69 Å². The van der Waals surface area contributed by atoms with Gasteiger partial charge >= 0.3 is 0 Å². The van der Waals surface area contributed by atoms with Gasteiger partial charge in [-0.25, -0.2) is 0 Å². The smallest absolute Gasteiger partial charge is 0.278 e. The number of aryl methyl sites for hydroxylation is 3. The van der Waals surface area contributed by atoms with Crippen LogP contribution in [0.25, 0.3) is 5.69 Å². The number of benzene rings is 2. The van der Waals surface area contributed by atoms with Crippen molar-refractivity contribution in [2.75, 3.05) is 19.4 Å². The first kappa shape index (κ1) is 20.5. The van der Waals surface area contributed by atoms with E-state index in [1.54, 1.807) is 39.2 Å². The van der Waals surface area contributed by atoms with E-state index in [2.05, 4.69) is 15.5 Å². The molecule has 3 aromatic rings. The summed E-state index contributed by atoms with van der Waals surface area (Å²) < 4.78 is 0. The molecule has 29 heavy (non-hydrogen) atoms. The first-order chi connectivity index (χ1) is 13.7. The zero-order chi connectivity index (χ0) is 21.3. The van der Waals surface area contributed by atoms with Crippen LogP contribution in [-0.4, -0.2) is 45.8 Å². The predicted molar refractivity (Wildman–Crippen MR) is 113 cm³/mol. The van der Waals surface area contributed by atoms with Crippen LogP contribution in [-0.2, 0) is 0 Å². The van der Waals surface area contributed by atoms with Crippen molar-refractivity contribution < 1.29 is 9.59 Å². The number of nitrogens with zero attached hydrogens (tertiary/aromatic N) is 4. The van der Waals surface area contributed by atoms with Gasteiger partial charge in [-0.3, -0.25) is 9.59 Å².